The van der Waals surface area contributed by atoms with Gasteiger partial charge in [0, 0.05) is 11.2 Å². The number of imide groups is 1. The van der Waals surface area contributed by atoms with Crippen LogP contribution >= 0.6 is 11.8 Å². The summed E-state index contributed by atoms with van der Waals surface area (Å²) >= 11 is 0.926. The third-order valence-corrected chi connectivity index (χ3v) is 5.51. The maximum Gasteiger partial charge on any atom is 0.416 e. The van der Waals surface area contributed by atoms with Crippen molar-refractivity contribution in [3.63, 3.8) is 0 Å². The normalized spacial score (nSPS) is 19.8. The Kier molecular flexibility index (Phi) is 5.39. The molecule has 0 aliphatic carbocycles. The Morgan fingerprint density at radius 1 is 1.35 bits per heavy atom. The second-order valence-corrected chi connectivity index (χ2v) is 8.20. The van der Waals surface area contributed by atoms with Crippen molar-refractivity contribution in [2.24, 2.45) is 5.73 Å². The second-order valence-electron chi connectivity index (χ2n) is 6.35. The van der Waals surface area contributed by atoms with Crippen LogP contribution in [0.15, 0.2) is 24.3 Å². The van der Waals surface area contributed by atoms with Crippen molar-refractivity contribution >= 4 is 35.2 Å². The number of thioether (sulfide) groups is 1. The van der Waals surface area contributed by atoms with Gasteiger partial charge in [0.25, 0.3) is 0 Å². The third-order valence-electron chi connectivity index (χ3n) is 4.00. The minimum Gasteiger partial charge on any atom is -0.480 e. The van der Waals surface area contributed by atoms with Crippen molar-refractivity contribution < 1.29 is 32.7 Å². The van der Waals surface area contributed by atoms with Gasteiger partial charge in [0.05, 0.1) is 16.5 Å². The molecule has 1 aliphatic heterocycles. The van der Waals surface area contributed by atoms with E-state index in [1.807, 2.05) is 0 Å². The van der Waals surface area contributed by atoms with Crippen molar-refractivity contribution in [2.45, 2.75) is 42.5 Å². The highest BCUT2D eigenvalue weighted by atomic mass is 32.2. The lowest BCUT2D eigenvalue weighted by Gasteiger charge is -2.30. The van der Waals surface area contributed by atoms with Gasteiger partial charge in [-0.25, -0.2) is 4.90 Å². The van der Waals surface area contributed by atoms with E-state index in [4.69, 9.17) is 10.8 Å². The number of carbonyl (C=O) groups excluding carboxylic acids is 2. The number of carboxylic acids is 1. The van der Waals surface area contributed by atoms with Crippen LogP contribution in [0.2, 0.25) is 0 Å². The predicted molar refractivity (Wildman–Crippen MR) is 89.6 cm³/mol. The van der Waals surface area contributed by atoms with Crippen molar-refractivity contribution in [2.75, 3.05) is 4.90 Å². The quantitative estimate of drug-likeness (QED) is 0.748. The molecule has 142 valence electrons. The van der Waals surface area contributed by atoms with Gasteiger partial charge in [-0.1, -0.05) is 6.07 Å². The number of carboxylic acid groups (broad SMARTS) is 1. The SMILES string of the molecule is CC(C)(S[C@H]1CC(=O)N(c2cccc(C(F)(F)F)c2)C1=O)[C@@H](N)C(=O)O. The fourth-order valence-corrected chi connectivity index (χ4v) is 3.94. The summed E-state index contributed by atoms with van der Waals surface area (Å²) in [7, 11) is 0. The van der Waals surface area contributed by atoms with Crippen LogP contribution in [0.5, 0.6) is 0 Å². The van der Waals surface area contributed by atoms with Crippen LogP contribution in [0.3, 0.4) is 0 Å². The van der Waals surface area contributed by atoms with E-state index >= 15 is 0 Å². The van der Waals surface area contributed by atoms with E-state index in [0.29, 0.717) is 4.90 Å². The van der Waals surface area contributed by atoms with Gasteiger partial charge in [-0.05, 0) is 32.0 Å². The zero-order valence-corrected chi connectivity index (χ0v) is 14.7. The molecule has 0 aromatic heterocycles. The van der Waals surface area contributed by atoms with Gasteiger partial charge in [-0.15, -0.1) is 11.8 Å². The summed E-state index contributed by atoms with van der Waals surface area (Å²) in [6.07, 6.45) is -4.85. The summed E-state index contributed by atoms with van der Waals surface area (Å²) in [5.74, 6) is -2.59. The number of rotatable bonds is 5. The maximum atomic E-state index is 12.9. The molecule has 6 nitrogen and oxygen atoms in total. The molecule has 26 heavy (non-hydrogen) atoms. The van der Waals surface area contributed by atoms with Gasteiger partial charge < -0.3 is 10.8 Å². The molecule has 2 atom stereocenters. The maximum absolute atomic E-state index is 12.9. The summed E-state index contributed by atoms with van der Waals surface area (Å²) < 4.78 is 37.5. The third kappa shape index (κ3) is 4.01. The van der Waals surface area contributed by atoms with Gasteiger partial charge in [0.1, 0.15) is 6.04 Å². The van der Waals surface area contributed by atoms with Crippen LogP contribution in [-0.4, -0.2) is 38.9 Å². The van der Waals surface area contributed by atoms with Crippen LogP contribution in [-0.2, 0) is 20.6 Å². The van der Waals surface area contributed by atoms with E-state index in [2.05, 4.69) is 0 Å². The molecule has 2 rings (SSSR count). The molecule has 1 aliphatic rings. The number of alkyl halides is 3. The fourth-order valence-electron chi connectivity index (χ4n) is 2.53. The van der Waals surface area contributed by atoms with Crippen LogP contribution in [0, 0.1) is 0 Å². The monoisotopic (exact) mass is 390 g/mol. The second kappa shape index (κ2) is 6.92. The van der Waals surface area contributed by atoms with Gasteiger partial charge in [0.15, 0.2) is 0 Å². The van der Waals surface area contributed by atoms with Crippen molar-refractivity contribution in [3.8, 4) is 0 Å². The summed E-state index contributed by atoms with van der Waals surface area (Å²) in [5, 5.41) is 8.12. The number of benzene rings is 1. The molecule has 0 radical (unpaired) electrons. The van der Waals surface area contributed by atoms with Gasteiger partial charge in [0.2, 0.25) is 11.8 Å². The standard InChI is InChI=1S/C16H17F3N2O4S/c1-15(2,12(20)14(24)25)26-10-7-11(22)21(13(10)23)9-5-3-4-8(6-9)16(17,18)19/h3-6,10,12H,7,20H2,1-2H3,(H,24,25)/t10-,12-/m0/s1. The Labute approximate surface area is 151 Å². The molecular formula is C16H17F3N2O4S. The molecule has 1 heterocycles. The topological polar surface area (TPSA) is 101 Å². The molecule has 0 bridgehead atoms. The molecule has 3 N–H and O–H groups in total. The Hall–Kier alpha value is -2.07. The van der Waals surface area contributed by atoms with E-state index in [0.717, 1.165) is 30.0 Å². The summed E-state index contributed by atoms with van der Waals surface area (Å²) in [5.41, 5.74) is 4.47. The average molecular weight is 390 g/mol. The lowest BCUT2D eigenvalue weighted by atomic mass is 10.1. The van der Waals surface area contributed by atoms with E-state index in [-0.39, 0.29) is 12.1 Å². The molecule has 1 aromatic rings. The van der Waals surface area contributed by atoms with Crippen LogP contribution in [0.4, 0.5) is 18.9 Å². The molecule has 1 fully saturated rings. The number of halogens is 3. The Bertz CT molecular complexity index is 751. The zero-order valence-electron chi connectivity index (χ0n) is 13.9. The van der Waals surface area contributed by atoms with E-state index < -0.39 is 45.6 Å². The fraction of sp³-hybridized carbons (Fsp3) is 0.438. The molecule has 0 spiro atoms. The highest BCUT2D eigenvalue weighted by Crippen LogP contribution is 2.39. The van der Waals surface area contributed by atoms with Crippen LogP contribution in [0.1, 0.15) is 25.8 Å². The number of anilines is 1. The minimum atomic E-state index is -4.60. The largest absolute Gasteiger partial charge is 0.480 e. The molecule has 1 aromatic carbocycles. The first kappa shape index (κ1) is 20.2. The first-order chi connectivity index (χ1) is 11.8. The Balaban J connectivity index is 2.26. The number of aliphatic carboxylic acids is 1. The van der Waals surface area contributed by atoms with E-state index in [1.165, 1.54) is 19.9 Å². The summed E-state index contributed by atoms with van der Waals surface area (Å²) in [4.78, 5) is 36.6. The molecule has 0 saturated carbocycles. The van der Waals surface area contributed by atoms with Gasteiger partial charge in [-0.2, -0.15) is 13.2 Å². The Morgan fingerprint density at radius 3 is 2.50 bits per heavy atom. The number of hydrogen-bond acceptors (Lipinski definition) is 5. The van der Waals surface area contributed by atoms with E-state index in [9.17, 15) is 27.6 Å². The highest BCUT2D eigenvalue weighted by Gasteiger charge is 2.45. The summed E-state index contributed by atoms with van der Waals surface area (Å²) in [6, 6.07) is 2.65. The van der Waals surface area contributed by atoms with Crippen molar-refractivity contribution in [1.82, 2.24) is 0 Å². The van der Waals surface area contributed by atoms with E-state index in [1.54, 1.807) is 0 Å². The lowest BCUT2D eigenvalue weighted by molar-refractivity contribution is -0.139. The number of nitrogens with two attached hydrogens (primary N) is 1. The lowest BCUT2D eigenvalue weighted by Crippen LogP contribution is -2.48. The van der Waals surface area contributed by atoms with Crippen LogP contribution in [0.25, 0.3) is 0 Å². The minimum absolute atomic E-state index is 0.168. The first-order valence-corrected chi connectivity index (χ1v) is 8.43. The zero-order chi connectivity index (χ0) is 19.9. The average Bonchev–Trinajstić information content (AvgIpc) is 2.79. The van der Waals surface area contributed by atoms with Gasteiger partial charge >= 0.3 is 12.1 Å². The van der Waals surface area contributed by atoms with Crippen molar-refractivity contribution in [1.29, 1.82) is 0 Å². The van der Waals surface area contributed by atoms with Crippen molar-refractivity contribution in [3.05, 3.63) is 29.8 Å². The van der Waals surface area contributed by atoms with Crippen LogP contribution < -0.4 is 10.6 Å². The highest BCUT2D eigenvalue weighted by molar-refractivity contribution is 8.02. The summed E-state index contributed by atoms with van der Waals surface area (Å²) in [6.45, 7) is 3.06. The smallest absolute Gasteiger partial charge is 0.416 e. The predicted octanol–water partition coefficient (Wildman–Crippen LogP) is 2.26. The number of nitrogens with zero attached hydrogens (tertiary/aromatic N) is 1. The number of hydrogen-bond donors (Lipinski definition) is 2. The number of carbonyl (C=O) groups is 3. The molecule has 1 saturated heterocycles. The molecule has 0 unspecified atom stereocenters. The molecule has 2 amide bonds. The van der Waals surface area contributed by atoms with Gasteiger partial charge in [-0.3, -0.25) is 14.4 Å². The Morgan fingerprint density at radius 2 is 1.96 bits per heavy atom. The number of amides is 2. The first-order valence-electron chi connectivity index (χ1n) is 7.55. The molecule has 10 heteroatoms. The molecular weight excluding hydrogens is 373 g/mol.